The van der Waals surface area contributed by atoms with Gasteiger partial charge in [0, 0.05) is 13.0 Å². The summed E-state index contributed by atoms with van der Waals surface area (Å²) in [5.74, 6) is -1.60. The number of phenols is 1. The van der Waals surface area contributed by atoms with Crippen molar-refractivity contribution in [2.75, 3.05) is 20.2 Å². The van der Waals surface area contributed by atoms with E-state index in [0.717, 1.165) is 17.5 Å². The monoisotopic (exact) mass is 569 g/mol. The zero-order valence-electron chi connectivity index (χ0n) is 25.1. The molecule has 0 aliphatic rings. The van der Waals surface area contributed by atoms with Crippen molar-refractivity contribution in [3.8, 4) is 5.75 Å². The lowest BCUT2D eigenvalue weighted by molar-refractivity contribution is -0.144. The first-order valence-electron chi connectivity index (χ1n) is 13.7. The van der Waals surface area contributed by atoms with Gasteiger partial charge in [0.05, 0.1) is 7.11 Å². The van der Waals surface area contributed by atoms with Crippen LogP contribution >= 0.6 is 0 Å². The van der Waals surface area contributed by atoms with E-state index in [1.54, 1.807) is 39.0 Å². The molecule has 0 saturated heterocycles. The molecule has 0 radical (unpaired) electrons. The van der Waals surface area contributed by atoms with E-state index in [1.165, 1.54) is 24.1 Å². The molecule has 3 N–H and O–H groups in total. The number of carbonyl (C=O) groups excluding carboxylic acids is 4. The van der Waals surface area contributed by atoms with E-state index in [4.69, 9.17) is 4.74 Å². The number of aryl methyl sites for hydroxylation is 2. The molecule has 224 valence electrons. The SMILES string of the molecule is CCCCN(C(=O)C(Cc1ccc(O)cc1)NC(=O)OC(C)(C)C)C(C(=O)NCC(=O)OC)c1ccc(C)c(C)c1. The van der Waals surface area contributed by atoms with Gasteiger partial charge in [-0.25, -0.2) is 4.79 Å². The van der Waals surface area contributed by atoms with Crippen LogP contribution in [-0.2, 0) is 30.3 Å². The number of unbranched alkanes of at least 4 members (excludes halogenated alkanes) is 1. The predicted octanol–water partition coefficient (Wildman–Crippen LogP) is 4.10. The number of amides is 3. The van der Waals surface area contributed by atoms with Gasteiger partial charge in [-0.1, -0.05) is 43.7 Å². The molecule has 10 nitrogen and oxygen atoms in total. The highest BCUT2D eigenvalue weighted by Gasteiger charge is 2.36. The summed E-state index contributed by atoms with van der Waals surface area (Å²) in [6.07, 6.45) is 0.651. The minimum Gasteiger partial charge on any atom is -0.508 e. The van der Waals surface area contributed by atoms with Gasteiger partial charge < -0.3 is 30.1 Å². The normalized spacial score (nSPS) is 12.6. The van der Waals surface area contributed by atoms with Crippen LogP contribution in [0.5, 0.6) is 5.75 Å². The Hall–Kier alpha value is -4.08. The van der Waals surface area contributed by atoms with Crippen molar-refractivity contribution >= 4 is 23.9 Å². The first-order chi connectivity index (χ1) is 19.2. The third-order valence-electron chi connectivity index (χ3n) is 6.44. The number of hydrogen-bond donors (Lipinski definition) is 3. The lowest BCUT2D eigenvalue weighted by atomic mass is 9.97. The maximum atomic E-state index is 14.3. The quantitative estimate of drug-likeness (QED) is 0.328. The molecule has 10 heteroatoms. The number of esters is 1. The molecule has 2 aromatic rings. The van der Waals surface area contributed by atoms with Crippen LogP contribution in [0.1, 0.15) is 68.8 Å². The second-order valence-electron chi connectivity index (χ2n) is 11.0. The Kier molecular flexibility index (Phi) is 12.2. The number of hydrogen-bond acceptors (Lipinski definition) is 7. The summed E-state index contributed by atoms with van der Waals surface area (Å²) < 4.78 is 10.1. The van der Waals surface area contributed by atoms with Gasteiger partial charge in [-0.05, 0) is 75.4 Å². The summed E-state index contributed by atoms with van der Waals surface area (Å²) in [7, 11) is 1.22. The fraction of sp³-hybridized carbons (Fsp3) is 0.484. The molecule has 0 aromatic heterocycles. The number of nitrogens with one attached hydrogen (secondary N) is 2. The Morgan fingerprint density at radius 1 is 1.00 bits per heavy atom. The number of aromatic hydroxyl groups is 1. The minimum atomic E-state index is -1.09. The largest absolute Gasteiger partial charge is 0.508 e. The van der Waals surface area contributed by atoms with E-state index < -0.39 is 41.6 Å². The Morgan fingerprint density at radius 3 is 2.22 bits per heavy atom. The number of phenolic OH excluding ortho intramolecular Hbond substituents is 1. The number of rotatable bonds is 12. The third-order valence-corrected chi connectivity index (χ3v) is 6.44. The standard InChI is InChI=1S/C31H43N3O7/c1-8-9-16-34(27(28(37)32-19-26(36)40-7)23-13-10-20(2)21(3)17-23)29(38)25(33-30(39)41-31(4,5)6)18-22-11-14-24(35)15-12-22/h10-15,17,25,27,35H,8-9,16,18-19H2,1-7H3,(H,32,37)(H,33,39). The average molecular weight is 570 g/mol. The molecule has 2 rings (SSSR count). The molecule has 0 aliphatic heterocycles. The Labute approximate surface area is 242 Å². The van der Waals surface area contributed by atoms with Gasteiger partial charge in [0.2, 0.25) is 11.8 Å². The van der Waals surface area contributed by atoms with Crippen LogP contribution in [0.4, 0.5) is 4.79 Å². The second kappa shape index (κ2) is 15.1. The summed E-state index contributed by atoms with van der Waals surface area (Å²) in [4.78, 5) is 54.1. The molecule has 0 fully saturated rings. The number of ether oxygens (including phenoxy) is 2. The zero-order valence-corrected chi connectivity index (χ0v) is 25.1. The molecule has 2 atom stereocenters. The summed E-state index contributed by atoms with van der Waals surface area (Å²) in [6, 6.07) is 9.65. The summed E-state index contributed by atoms with van der Waals surface area (Å²) >= 11 is 0. The van der Waals surface area contributed by atoms with E-state index in [0.29, 0.717) is 17.5 Å². The third kappa shape index (κ3) is 10.4. The van der Waals surface area contributed by atoms with Gasteiger partial charge in [-0.15, -0.1) is 0 Å². The number of methoxy groups -OCH3 is 1. The fourth-order valence-electron chi connectivity index (χ4n) is 4.15. The zero-order chi connectivity index (χ0) is 30.7. The molecule has 0 saturated carbocycles. The smallest absolute Gasteiger partial charge is 0.408 e. The van der Waals surface area contributed by atoms with Crippen LogP contribution in [0, 0.1) is 13.8 Å². The molecule has 41 heavy (non-hydrogen) atoms. The van der Waals surface area contributed by atoms with Gasteiger partial charge in [0.15, 0.2) is 0 Å². The van der Waals surface area contributed by atoms with Crippen molar-refractivity contribution in [1.29, 1.82) is 0 Å². The van der Waals surface area contributed by atoms with Crippen LogP contribution in [0.15, 0.2) is 42.5 Å². The molecule has 0 spiro atoms. The summed E-state index contributed by atoms with van der Waals surface area (Å²) in [5.41, 5.74) is 2.41. The highest BCUT2D eigenvalue weighted by molar-refractivity contribution is 5.93. The van der Waals surface area contributed by atoms with Crippen LogP contribution in [-0.4, -0.2) is 65.7 Å². The topological polar surface area (TPSA) is 134 Å². The van der Waals surface area contributed by atoms with Crippen molar-refractivity contribution in [3.63, 3.8) is 0 Å². The minimum absolute atomic E-state index is 0.0679. The Bertz CT molecular complexity index is 1210. The van der Waals surface area contributed by atoms with Crippen molar-refractivity contribution in [1.82, 2.24) is 15.5 Å². The van der Waals surface area contributed by atoms with E-state index in [2.05, 4.69) is 15.4 Å². The van der Waals surface area contributed by atoms with E-state index in [1.807, 2.05) is 32.9 Å². The summed E-state index contributed by atoms with van der Waals surface area (Å²) in [6.45, 7) is 10.9. The van der Waals surface area contributed by atoms with Crippen LogP contribution in [0.2, 0.25) is 0 Å². The average Bonchev–Trinajstić information content (AvgIpc) is 2.90. The lowest BCUT2D eigenvalue weighted by Crippen LogP contribution is -2.54. The molecule has 2 aromatic carbocycles. The highest BCUT2D eigenvalue weighted by Crippen LogP contribution is 2.26. The maximum absolute atomic E-state index is 14.3. The number of alkyl carbamates (subject to hydrolysis) is 1. The van der Waals surface area contributed by atoms with Gasteiger partial charge in [-0.2, -0.15) is 0 Å². The Balaban J connectivity index is 2.57. The van der Waals surface area contributed by atoms with Crippen molar-refractivity contribution < 1.29 is 33.8 Å². The predicted molar refractivity (Wildman–Crippen MR) is 155 cm³/mol. The molecular weight excluding hydrogens is 526 g/mol. The second-order valence-corrected chi connectivity index (χ2v) is 11.0. The Morgan fingerprint density at radius 2 is 1.66 bits per heavy atom. The first-order valence-corrected chi connectivity index (χ1v) is 13.7. The van der Waals surface area contributed by atoms with Crippen LogP contribution < -0.4 is 10.6 Å². The van der Waals surface area contributed by atoms with Gasteiger partial charge in [-0.3, -0.25) is 14.4 Å². The maximum Gasteiger partial charge on any atom is 0.408 e. The summed E-state index contributed by atoms with van der Waals surface area (Å²) in [5, 5.41) is 15.0. The lowest BCUT2D eigenvalue weighted by Gasteiger charge is -2.34. The van der Waals surface area contributed by atoms with E-state index in [9.17, 15) is 24.3 Å². The molecule has 0 bridgehead atoms. The van der Waals surface area contributed by atoms with Crippen molar-refractivity contribution in [2.24, 2.45) is 0 Å². The highest BCUT2D eigenvalue weighted by atomic mass is 16.6. The van der Waals surface area contributed by atoms with Crippen molar-refractivity contribution in [2.45, 2.75) is 78.5 Å². The van der Waals surface area contributed by atoms with E-state index >= 15 is 0 Å². The van der Waals surface area contributed by atoms with E-state index in [-0.39, 0.29) is 25.3 Å². The molecule has 3 amide bonds. The number of carbonyl (C=O) groups is 4. The van der Waals surface area contributed by atoms with Gasteiger partial charge in [0.1, 0.15) is 30.0 Å². The van der Waals surface area contributed by atoms with Gasteiger partial charge >= 0.3 is 12.1 Å². The molecule has 0 heterocycles. The molecule has 0 aliphatic carbocycles. The molecular formula is C31H43N3O7. The number of benzene rings is 2. The first kappa shape index (κ1) is 33.1. The van der Waals surface area contributed by atoms with Crippen LogP contribution in [0.3, 0.4) is 0 Å². The number of nitrogens with zero attached hydrogens (tertiary/aromatic N) is 1. The molecule has 2 unspecified atom stereocenters. The van der Waals surface area contributed by atoms with Crippen molar-refractivity contribution in [3.05, 3.63) is 64.7 Å². The van der Waals surface area contributed by atoms with Crippen LogP contribution in [0.25, 0.3) is 0 Å². The fourth-order valence-corrected chi connectivity index (χ4v) is 4.15. The van der Waals surface area contributed by atoms with Gasteiger partial charge in [0.25, 0.3) is 0 Å².